The second kappa shape index (κ2) is 10.8. The predicted octanol–water partition coefficient (Wildman–Crippen LogP) is 3.16. The molecule has 5 nitrogen and oxygen atoms in total. The normalized spacial score (nSPS) is 18.8. The number of carbonyl (C=O) groups is 1. The van der Waals surface area contributed by atoms with Gasteiger partial charge in [0, 0.05) is 31.9 Å². The molecule has 2 heterocycles. The smallest absolute Gasteiger partial charge is 0.253 e. The van der Waals surface area contributed by atoms with Gasteiger partial charge in [0.1, 0.15) is 5.82 Å². The molecule has 25 heavy (non-hydrogen) atoms. The Morgan fingerprint density at radius 3 is 2.40 bits per heavy atom. The summed E-state index contributed by atoms with van der Waals surface area (Å²) in [4.78, 5) is 19.2. The molecule has 1 aromatic rings. The molecule has 1 amide bonds. The number of hydrogen-bond acceptors (Lipinski definition) is 4. The van der Waals surface area contributed by atoms with E-state index in [1.54, 1.807) is 6.20 Å². The van der Waals surface area contributed by atoms with E-state index < -0.39 is 0 Å². The molecular weight excluding hydrogens is 359 g/mol. The first-order chi connectivity index (χ1) is 11.3. The summed E-state index contributed by atoms with van der Waals surface area (Å²) in [5.41, 5.74) is 6.53. The van der Waals surface area contributed by atoms with Crippen molar-refractivity contribution in [3.05, 3.63) is 23.9 Å². The predicted molar refractivity (Wildman–Crippen MR) is 107 cm³/mol. The largest absolute Gasteiger partial charge is 0.357 e. The molecule has 1 aromatic heterocycles. The minimum absolute atomic E-state index is 0. The van der Waals surface area contributed by atoms with Gasteiger partial charge < -0.3 is 16.0 Å². The molecule has 0 spiro atoms. The Hall–Kier alpha value is -1.04. The van der Waals surface area contributed by atoms with Crippen LogP contribution >= 0.6 is 24.8 Å². The minimum Gasteiger partial charge on any atom is -0.357 e. The molecule has 2 aliphatic rings. The SMILES string of the molecule is Cl.Cl.NCC(NC(=O)c1ccc(N2CCCC2)nc1)C1CCCCC1. The van der Waals surface area contributed by atoms with Crippen molar-refractivity contribution in [3.63, 3.8) is 0 Å². The molecule has 1 saturated heterocycles. The van der Waals surface area contributed by atoms with E-state index in [1.165, 1.54) is 44.9 Å². The van der Waals surface area contributed by atoms with Gasteiger partial charge in [-0.25, -0.2) is 4.98 Å². The number of amides is 1. The summed E-state index contributed by atoms with van der Waals surface area (Å²) in [5, 5.41) is 3.12. The second-order valence-corrected chi connectivity index (χ2v) is 6.81. The molecule has 1 unspecified atom stereocenters. The average Bonchev–Trinajstić information content (AvgIpc) is 3.15. The van der Waals surface area contributed by atoms with E-state index >= 15 is 0 Å². The van der Waals surface area contributed by atoms with Gasteiger partial charge in [-0.3, -0.25) is 4.79 Å². The minimum atomic E-state index is -0.0495. The molecule has 7 heteroatoms. The van der Waals surface area contributed by atoms with E-state index in [-0.39, 0.29) is 36.8 Å². The Morgan fingerprint density at radius 2 is 1.84 bits per heavy atom. The summed E-state index contributed by atoms with van der Waals surface area (Å²) in [7, 11) is 0. The van der Waals surface area contributed by atoms with Gasteiger partial charge in [-0.2, -0.15) is 0 Å². The molecule has 142 valence electrons. The van der Waals surface area contributed by atoms with Crippen LogP contribution in [0.3, 0.4) is 0 Å². The van der Waals surface area contributed by atoms with Gasteiger partial charge in [-0.05, 0) is 43.7 Å². The average molecular weight is 389 g/mol. The molecule has 1 aliphatic carbocycles. The Labute approximate surface area is 163 Å². The van der Waals surface area contributed by atoms with E-state index in [9.17, 15) is 4.79 Å². The summed E-state index contributed by atoms with van der Waals surface area (Å²) < 4.78 is 0. The highest BCUT2D eigenvalue weighted by Crippen LogP contribution is 2.26. The maximum atomic E-state index is 12.5. The lowest BCUT2D eigenvalue weighted by atomic mass is 9.84. The Morgan fingerprint density at radius 1 is 1.16 bits per heavy atom. The summed E-state index contributed by atoms with van der Waals surface area (Å²) in [6.45, 7) is 2.64. The molecule has 0 radical (unpaired) electrons. The van der Waals surface area contributed by atoms with Gasteiger partial charge in [-0.1, -0.05) is 19.3 Å². The van der Waals surface area contributed by atoms with E-state index in [2.05, 4.69) is 15.2 Å². The first-order valence-corrected chi connectivity index (χ1v) is 9.00. The summed E-state index contributed by atoms with van der Waals surface area (Å²) in [6.07, 6.45) is 10.3. The van der Waals surface area contributed by atoms with Crippen molar-refractivity contribution in [3.8, 4) is 0 Å². The maximum Gasteiger partial charge on any atom is 0.253 e. The van der Waals surface area contributed by atoms with Crippen LogP contribution in [0.4, 0.5) is 5.82 Å². The topological polar surface area (TPSA) is 71.2 Å². The third-order valence-corrected chi connectivity index (χ3v) is 5.23. The van der Waals surface area contributed by atoms with Crippen molar-refractivity contribution in [1.82, 2.24) is 10.3 Å². The summed E-state index contributed by atoms with van der Waals surface area (Å²) in [6, 6.07) is 3.92. The third-order valence-electron chi connectivity index (χ3n) is 5.23. The van der Waals surface area contributed by atoms with Gasteiger partial charge in [-0.15, -0.1) is 24.8 Å². The van der Waals surface area contributed by atoms with Crippen LogP contribution in [0.1, 0.15) is 55.3 Å². The number of rotatable bonds is 5. The van der Waals surface area contributed by atoms with Crippen LogP contribution < -0.4 is 16.0 Å². The van der Waals surface area contributed by atoms with Crippen LogP contribution in [-0.2, 0) is 0 Å². The van der Waals surface area contributed by atoms with Crippen molar-refractivity contribution < 1.29 is 4.79 Å². The van der Waals surface area contributed by atoms with Gasteiger partial charge in [0.2, 0.25) is 0 Å². The highest BCUT2D eigenvalue weighted by atomic mass is 35.5. The number of carbonyl (C=O) groups excluding carboxylic acids is 1. The van der Waals surface area contributed by atoms with Crippen molar-refractivity contribution in [1.29, 1.82) is 0 Å². The summed E-state index contributed by atoms with van der Waals surface area (Å²) in [5.74, 6) is 1.45. The van der Waals surface area contributed by atoms with E-state index in [0.29, 0.717) is 18.0 Å². The van der Waals surface area contributed by atoms with Crippen molar-refractivity contribution in [2.24, 2.45) is 11.7 Å². The first kappa shape index (κ1) is 22.0. The molecule has 3 rings (SSSR count). The monoisotopic (exact) mass is 388 g/mol. The Bertz CT molecular complexity index is 514. The van der Waals surface area contributed by atoms with Crippen LogP contribution in [0, 0.1) is 5.92 Å². The molecule has 0 bridgehead atoms. The molecule has 1 saturated carbocycles. The van der Waals surface area contributed by atoms with Crippen LogP contribution in [0.25, 0.3) is 0 Å². The van der Waals surface area contributed by atoms with Gasteiger partial charge >= 0.3 is 0 Å². The highest BCUT2D eigenvalue weighted by molar-refractivity contribution is 5.94. The molecule has 1 aliphatic heterocycles. The third kappa shape index (κ3) is 5.73. The molecule has 1 atom stereocenters. The van der Waals surface area contributed by atoms with Crippen molar-refractivity contribution in [2.45, 2.75) is 51.0 Å². The van der Waals surface area contributed by atoms with E-state index in [1.807, 2.05) is 12.1 Å². The lowest BCUT2D eigenvalue weighted by Crippen LogP contribution is -2.45. The zero-order valence-electron chi connectivity index (χ0n) is 14.7. The zero-order chi connectivity index (χ0) is 16.1. The fourth-order valence-corrected chi connectivity index (χ4v) is 3.81. The fourth-order valence-electron chi connectivity index (χ4n) is 3.81. The van der Waals surface area contributed by atoms with Gasteiger partial charge in [0.25, 0.3) is 5.91 Å². The van der Waals surface area contributed by atoms with E-state index in [4.69, 9.17) is 5.73 Å². The van der Waals surface area contributed by atoms with Crippen LogP contribution in [0.5, 0.6) is 0 Å². The quantitative estimate of drug-likeness (QED) is 0.812. The van der Waals surface area contributed by atoms with Crippen molar-refractivity contribution >= 4 is 36.5 Å². The van der Waals surface area contributed by atoms with Crippen LogP contribution in [0.2, 0.25) is 0 Å². The second-order valence-electron chi connectivity index (χ2n) is 6.81. The standard InChI is InChI=1S/C18H28N4O.2ClH/c19-12-16(14-6-2-1-3-7-14)21-18(23)15-8-9-17(20-13-15)22-10-4-5-11-22;;/h8-9,13-14,16H,1-7,10-12,19H2,(H,21,23);2*1H. The number of aromatic nitrogens is 1. The van der Waals surface area contributed by atoms with Crippen LogP contribution in [0.15, 0.2) is 18.3 Å². The van der Waals surface area contributed by atoms with Gasteiger partial charge in [0.05, 0.1) is 5.56 Å². The number of hydrogen-bond donors (Lipinski definition) is 2. The number of anilines is 1. The van der Waals surface area contributed by atoms with E-state index in [0.717, 1.165) is 18.9 Å². The zero-order valence-corrected chi connectivity index (χ0v) is 16.3. The number of pyridine rings is 1. The lowest BCUT2D eigenvalue weighted by Gasteiger charge is -2.30. The maximum absolute atomic E-state index is 12.5. The molecular formula is C18H30Cl2N4O. The lowest BCUT2D eigenvalue weighted by molar-refractivity contribution is 0.0915. The fraction of sp³-hybridized carbons (Fsp3) is 0.667. The molecule has 3 N–H and O–H groups in total. The number of nitrogens with two attached hydrogens (primary N) is 1. The highest BCUT2D eigenvalue weighted by Gasteiger charge is 2.24. The first-order valence-electron chi connectivity index (χ1n) is 9.00. The Balaban J connectivity index is 0.00000156. The van der Waals surface area contributed by atoms with Crippen LogP contribution in [-0.4, -0.2) is 36.6 Å². The number of nitrogens with zero attached hydrogens (tertiary/aromatic N) is 2. The van der Waals surface area contributed by atoms with Gasteiger partial charge in [0.15, 0.2) is 0 Å². The molecule has 0 aromatic carbocycles. The van der Waals surface area contributed by atoms with Crippen molar-refractivity contribution in [2.75, 3.05) is 24.5 Å². The number of halogens is 2. The number of nitrogens with one attached hydrogen (secondary N) is 1. The Kier molecular flexibility index (Phi) is 9.54. The summed E-state index contributed by atoms with van der Waals surface area (Å²) >= 11 is 0. The molecule has 2 fully saturated rings.